The number of benzene rings is 1. The lowest BCUT2D eigenvalue weighted by Gasteiger charge is -2.06. The van der Waals surface area contributed by atoms with Crippen molar-refractivity contribution in [3.63, 3.8) is 0 Å². The van der Waals surface area contributed by atoms with Crippen molar-refractivity contribution in [1.82, 2.24) is 20.1 Å². The first-order chi connectivity index (χ1) is 14.2. The predicted octanol–water partition coefficient (Wildman–Crippen LogP) is 3.51. The summed E-state index contributed by atoms with van der Waals surface area (Å²) >= 11 is 1.61. The molecule has 4 rings (SSSR count). The van der Waals surface area contributed by atoms with Crippen molar-refractivity contribution < 1.29 is 9.59 Å². The average molecular weight is 403 g/mol. The van der Waals surface area contributed by atoms with Crippen LogP contribution in [-0.2, 0) is 6.54 Å². The number of aromatic nitrogens is 3. The van der Waals surface area contributed by atoms with Gasteiger partial charge in [0, 0.05) is 22.8 Å². The van der Waals surface area contributed by atoms with E-state index >= 15 is 0 Å². The lowest BCUT2D eigenvalue weighted by molar-refractivity contribution is 0.0950. The normalized spacial score (nSPS) is 10.5. The van der Waals surface area contributed by atoms with E-state index in [1.165, 1.54) is 6.20 Å². The van der Waals surface area contributed by atoms with Gasteiger partial charge in [0.1, 0.15) is 0 Å². The molecule has 1 aromatic carbocycles. The van der Waals surface area contributed by atoms with E-state index in [0.29, 0.717) is 23.4 Å². The fraction of sp³-hybridized carbons (Fsp3) is 0.0476. The van der Waals surface area contributed by atoms with Gasteiger partial charge in [-0.1, -0.05) is 6.07 Å². The highest BCUT2D eigenvalue weighted by atomic mass is 32.1. The van der Waals surface area contributed by atoms with Gasteiger partial charge in [0.15, 0.2) is 0 Å². The molecule has 0 radical (unpaired) electrons. The Morgan fingerprint density at radius 3 is 2.55 bits per heavy atom. The summed E-state index contributed by atoms with van der Waals surface area (Å²) in [5.41, 5.74) is 2.39. The number of carbonyl (C=O) groups excluding carboxylic acids is 2. The van der Waals surface area contributed by atoms with Gasteiger partial charge in [-0.25, -0.2) is 4.68 Å². The zero-order valence-electron chi connectivity index (χ0n) is 15.3. The first kappa shape index (κ1) is 18.6. The Balaban J connectivity index is 1.39. The second kappa shape index (κ2) is 8.49. The van der Waals surface area contributed by atoms with Gasteiger partial charge in [0.25, 0.3) is 11.8 Å². The molecule has 0 bridgehead atoms. The minimum absolute atomic E-state index is 0.130. The molecule has 0 atom stereocenters. The van der Waals surface area contributed by atoms with Crippen LogP contribution in [0.25, 0.3) is 5.69 Å². The third kappa shape index (κ3) is 4.56. The molecule has 29 heavy (non-hydrogen) atoms. The molecular weight excluding hydrogens is 386 g/mol. The van der Waals surface area contributed by atoms with Crippen LogP contribution in [0.5, 0.6) is 0 Å². The summed E-state index contributed by atoms with van der Waals surface area (Å²) in [6.07, 6.45) is 6.39. The number of pyridine rings is 1. The summed E-state index contributed by atoms with van der Waals surface area (Å²) in [5.74, 6) is -0.384. The summed E-state index contributed by atoms with van der Waals surface area (Å²) in [6, 6.07) is 14.4. The molecule has 0 aliphatic carbocycles. The lowest BCUT2D eigenvalue weighted by atomic mass is 10.2. The Hall–Kier alpha value is -3.78. The van der Waals surface area contributed by atoms with Crippen molar-refractivity contribution in [2.75, 3.05) is 5.32 Å². The van der Waals surface area contributed by atoms with Gasteiger partial charge in [-0.05, 0) is 47.8 Å². The minimum atomic E-state index is -0.254. The van der Waals surface area contributed by atoms with Crippen LogP contribution in [0.3, 0.4) is 0 Å². The van der Waals surface area contributed by atoms with Crippen LogP contribution in [0.1, 0.15) is 25.6 Å². The first-order valence-electron chi connectivity index (χ1n) is 8.86. The molecule has 0 fully saturated rings. The first-order valence-corrected chi connectivity index (χ1v) is 9.74. The molecule has 2 N–H and O–H groups in total. The van der Waals surface area contributed by atoms with Gasteiger partial charge < -0.3 is 10.6 Å². The maximum Gasteiger partial charge on any atom is 0.257 e. The molecular formula is C21H17N5O2S. The summed E-state index contributed by atoms with van der Waals surface area (Å²) in [5, 5.41) is 11.9. The van der Waals surface area contributed by atoms with Crippen LogP contribution in [-0.4, -0.2) is 26.6 Å². The monoisotopic (exact) mass is 403 g/mol. The molecule has 144 valence electrons. The Kier molecular flexibility index (Phi) is 5.44. The number of hydrogen-bond acceptors (Lipinski definition) is 5. The zero-order chi connectivity index (χ0) is 20.1. The standard InChI is InChI=1S/C21H17N5O2S/c27-20(23-13-19-4-2-10-29-19)15-5-7-18(8-6-15)26-14-17(12-24-26)25-21(28)16-3-1-9-22-11-16/h1-12,14H,13H2,(H,23,27)(H,25,28). The van der Waals surface area contributed by atoms with E-state index in [4.69, 9.17) is 0 Å². The van der Waals surface area contributed by atoms with Crippen molar-refractivity contribution in [3.8, 4) is 5.69 Å². The fourth-order valence-corrected chi connectivity index (χ4v) is 3.32. The summed E-state index contributed by atoms with van der Waals surface area (Å²) < 4.78 is 1.63. The molecule has 7 nitrogen and oxygen atoms in total. The van der Waals surface area contributed by atoms with Crippen molar-refractivity contribution in [2.24, 2.45) is 0 Å². The van der Waals surface area contributed by atoms with E-state index in [9.17, 15) is 9.59 Å². The van der Waals surface area contributed by atoms with Gasteiger partial charge in [-0.15, -0.1) is 11.3 Å². The highest BCUT2D eigenvalue weighted by molar-refractivity contribution is 7.09. The van der Waals surface area contributed by atoms with Gasteiger partial charge in [-0.2, -0.15) is 5.10 Å². The molecule has 0 saturated carbocycles. The predicted molar refractivity (Wildman–Crippen MR) is 111 cm³/mol. The maximum absolute atomic E-state index is 12.3. The third-order valence-electron chi connectivity index (χ3n) is 4.16. The van der Waals surface area contributed by atoms with Crippen LogP contribution in [0.4, 0.5) is 5.69 Å². The van der Waals surface area contributed by atoms with Crippen LogP contribution in [0.2, 0.25) is 0 Å². The smallest absolute Gasteiger partial charge is 0.257 e. The number of carbonyl (C=O) groups is 2. The average Bonchev–Trinajstić information content (AvgIpc) is 3.45. The molecule has 0 aliphatic rings. The molecule has 0 aliphatic heterocycles. The van der Waals surface area contributed by atoms with E-state index < -0.39 is 0 Å². The third-order valence-corrected chi connectivity index (χ3v) is 5.04. The fourth-order valence-electron chi connectivity index (χ4n) is 2.68. The summed E-state index contributed by atoms with van der Waals surface area (Å²) in [7, 11) is 0. The topological polar surface area (TPSA) is 88.9 Å². The van der Waals surface area contributed by atoms with Gasteiger partial charge in [-0.3, -0.25) is 14.6 Å². The molecule has 4 aromatic rings. The Morgan fingerprint density at radius 1 is 0.966 bits per heavy atom. The van der Waals surface area contributed by atoms with Gasteiger partial charge in [0.05, 0.1) is 35.9 Å². The van der Waals surface area contributed by atoms with Crippen molar-refractivity contribution in [2.45, 2.75) is 6.54 Å². The largest absolute Gasteiger partial charge is 0.347 e. The van der Waals surface area contributed by atoms with E-state index in [0.717, 1.165) is 10.6 Å². The van der Waals surface area contributed by atoms with Gasteiger partial charge >= 0.3 is 0 Å². The number of nitrogens with zero attached hydrogens (tertiary/aromatic N) is 3. The van der Waals surface area contributed by atoms with Crippen LogP contribution in [0.15, 0.2) is 78.7 Å². The van der Waals surface area contributed by atoms with E-state index in [2.05, 4.69) is 20.7 Å². The lowest BCUT2D eigenvalue weighted by Crippen LogP contribution is -2.22. The number of thiophene rings is 1. The Morgan fingerprint density at radius 2 is 1.83 bits per heavy atom. The van der Waals surface area contributed by atoms with E-state index in [1.807, 2.05) is 17.5 Å². The molecule has 3 aromatic heterocycles. The van der Waals surface area contributed by atoms with Crippen molar-refractivity contribution >= 4 is 28.8 Å². The molecule has 3 heterocycles. The second-order valence-corrected chi connectivity index (χ2v) is 7.21. The molecule has 0 spiro atoms. The Labute approximate surface area is 171 Å². The number of hydrogen-bond donors (Lipinski definition) is 2. The van der Waals surface area contributed by atoms with E-state index in [1.54, 1.807) is 71.0 Å². The van der Waals surface area contributed by atoms with Crippen molar-refractivity contribution in [1.29, 1.82) is 0 Å². The summed E-state index contributed by atoms with van der Waals surface area (Å²) in [6.45, 7) is 0.511. The second-order valence-electron chi connectivity index (χ2n) is 6.18. The van der Waals surface area contributed by atoms with Crippen molar-refractivity contribution in [3.05, 3.63) is 94.7 Å². The van der Waals surface area contributed by atoms with Gasteiger partial charge in [0.2, 0.25) is 0 Å². The number of amides is 2. The highest BCUT2D eigenvalue weighted by Gasteiger charge is 2.09. The molecule has 2 amide bonds. The molecule has 0 unspecified atom stereocenters. The zero-order valence-corrected chi connectivity index (χ0v) is 16.1. The van der Waals surface area contributed by atoms with E-state index in [-0.39, 0.29) is 11.8 Å². The number of nitrogens with one attached hydrogen (secondary N) is 2. The maximum atomic E-state index is 12.3. The summed E-state index contributed by atoms with van der Waals surface area (Å²) in [4.78, 5) is 29.5. The Bertz CT molecular complexity index is 1110. The molecule has 8 heteroatoms. The SMILES string of the molecule is O=C(NCc1cccs1)c1ccc(-n2cc(NC(=O)c3cccnc3)cn2)cc1. The quantitative estimate of drug-likeness (QED) is 0.516. The molecule has 0 saturated heterocycles. The highest BCUT2D eigenvalue weighted by Crippen LogP contribution is 2.14. The minimum Gasteiger partial charge on any atom is -0.347 e. The number of rotatable bonds is 6. The van der Waals surface area contributed by atoms with Crippen LogP contribution >= 0.6 is 11.3 Å². The van der Waals surface area contributed by atoms with Crippen LogP contribution in [0, 0.1) is 0 Å². The number of anilines is 1. The van der Waals surface area contributed by atoms with Crippen LogP contribution < -0.4 is 10.6 Å².